The molecule has 1 aromatic heterocycles. The van der Waals surface area contributed by atoms with Gasteiger partial charge in [-0.05, 0) is 32.3 Å². The Labute approximate surface area is 110 Å². The molecule has 0 fully saturated rings. The van der Waals surface area contributed by atoms with E-state index in [0.29, 0.717) is 6.54 Å². The molecule has 0 aromatic carbocycles. The summed E-state index contributed by atoms with van der Waals surface area (Å²) in [5, 5.41) is 9.88. The smallest absolute Gasteiger partial charge is 0.388 e. The summed E-state index contributed by atoms with van der Waals surface area (Å²) in [5.41, 5.74) is 2.91. The minimum atomic E-state index is -4.28. The highest BCUT2D eigenvalue weighted by Gasteiger charge is 2.27. The first-order chi connectivity index (χ1) is 8.88. The first kappa shape index (κ1) is 14.4. The fourth-order valence-corrected chi connectivity index (χ4v) is 2.60. The Bertz CT molecular complexity index is 440. The number of aryl methyl sites for hydroxylation is 1. The standard InChI is InChI=1S/C13H18F3NO2/c1-9-7-10-11(3-2-4-12(10)18)17(9)5-6-19-8-13(14,15)16/h7,12,18H,2-6,8H2,1H3. The maximum Gasteiger partial charge on any atom is 0.411 e. The normalized spacial score (nSPS) is 19.5. The van der Waals surface area contributed by atoms with Crippen LogP contribution in [0, 0.1) is 6.92 Å². The highest BCUT2D eigenvalue weighted by atomic mass is 19.4. The van der Waals surface area contributed by atoms with Crippen LogP contribution in [0.1, 0.15) is 35.9 Å². The van der Waals surface area contributed by atoms with E-state index in [0.717, 1.165) is 36.2 Å². The number of halogens is 3. The third-order valence-corrected chi connectivity index (χ3v) is 3.42. The van der Waals surface area contributed by atoms with E-state index in [-0.39, 0.29) is 6.61 Å². The molecule has 1 aliphatic carbocycles. The number of nitrogens with zero attached hydrogens (tertiary/aromatic N) is 1. The Hall–Kier alpha value is -1.01. The van der Waals surface area contributed by atoms with Crippen molar-refractivity contribution < 1.29 is 23.0 Å². The van der Waals surface area contributed by atoms with Crippen LogP contribution in [0.2, 0.25) is 0 Å². The second-order valence-corrected chi connectivity index (χ2v) is 4.92. The predicted octanol–water partition coefficient (Wildman–Crippen LogP) is 2.75. The Balaban J connectivity index is 1.97. The molecule has 1 aromatic rings. The molecule has 0 saturated carbocycles. The zero-order chi connectivity index (χ0) is 14.0. The van der Waals surface area contributed by atoms with Gasteiger partial charge in [0.15, 0.2) is 0 Å². The molecule has 0 spiro atoms. The first-order valence-electron chi connectivity index (χ1n) is 6.40. The molecule has 3 nitrogen and oxygen atoms in total. The van der Waals surface area contributed by atoms with Crippen molar-refractivity contribution in [3.63, 3.8) is 0 Å². The van der Waals surface area contributed by atoms with E-state index >= 15 is 0 Å². The van der Waals surface area contributed by atoms with E-state index in [1.807, 2.05) is 17.6 Å². The fourth-order valence-electron chi connectivity index (χ4n) is 2.60. The SMILES string of the molecule is Cc1cc2c(n1CCOCC(F)(F)F)CCCC2O. The molecule has 1 heterocycles. The number of rotatable bonds is 4. The van der Waals surface area contributed by atoms with Gasteiger partial charge in [0.2, 0.25) is 0 Å². The van der Waals surface area contributed by atoms with E-state index in [1.54, 1.807) is 0 Å². The lowest BCUT2D eigenvalue weighted by atomic mass is 9.95. The van der Waals surface area contributed by atoms with Crippen molar-refractivity contribution in [1.29, 1.82) is 0 Å². The number of hydrogen-bond acceptors (Lipinski definition) is 2. The summed E-state index contributed by atoms with van der Waals surface area (Å²) in [7, 11) is 0. The van der Waals surface area contributed by atoms with Crippen molar-refractivity contribution in [3.8, 4) is 0 Å². The third-order valence-electron chi connectivity index (χ3n) is 3.42. The highest BCUT2D eigenvalue weighted by Crippen LogP contribution is 2.32. The molecule has 0 aliphatic heterocycles. The number of alkyl halides is 3. The summed E-state index contributed by atoms with van der Waals surface area (Å²) < 4.78 is 42.5. The lowest BCUT2D eigenvalue weighted by Gasteiger charge is -2.20. The number of fused-ring (bicyclic) bond motifs is 1. The number of hydrogen-bond donors (Lipinski definition) is 1. The van der Waals surface area contributed by atoms with Gasteiger partial charge in [-0.15, -0.1) is 0 Å². The van der Waals surface area contributed by atoms with Crippen molar-refractivity contribution in [2.45, 2.75) is 45.0 Å². The largest absolute Gasteiger partial charge is 0.411 e. The van der Waals surface area contributed by atoms with Crippen molar-refractivity contribution in [3.05, 3.63) is 23.0 Å². The van der Waals surface area contributed by atoms with Crippen LogP contribution < -0.4 is 0 Å². The van der Waals surface area contributed by atoms with Crippen LogP contribution in [0.15, 0.2) is 6.07 Å². The quantitative estimate of drug-likeness (QED) is 0.859. The van der Waals surface area contributed by atoms with Crippen molar-refractivity contribution in [2.75, 3.05) is 13.2 Å². The molecule has 1 aliphatic rings. The molecular formula is C13H18F3NO2. The van der Waals surface area contributed by atoms with E-state index in [4.69, 9.17) is 0 Å². The molecule has 2 rings (SSSR count). The molecule has 0 radical (unpaired) electrons. The molecule has 19 heavy (non-hydrogen) atoms. The molecule has 0 amide bonds. The van der Waals surface area contributed by atoms with Crippen LogP contribution in [0.5, 0.6) is 0 Å². The lowest BCUT2D eigenvalue weighted by Crippen LogP contribution is -2.20. The second kappa shape index (κ2) is 5.54. The summed E-state index contributed by atoms with van der Waals surface area (Å²) in [6, 6.07) is 1.92. The minimum Gasteiger partial charge on any atom is -0.388 e. The van der Waals surface area contributed by atoms with E-state index < -0.39 is 18.9 Å². The van der Waals surface area contributed by atoms with Gasteiger partial charge in [0.1, 0.15) is 6.61 Å². The molecule has 6 heteroatoms. The third kappa shape index (κ3) is 3.51. The van der Waals surface area contributed by atoms with Gasteiger partial charge in [0, 0.05) is 23.5 Å². The molecular weight excluding hydrogens is 259 g/mol. The summed E-state index contributed by atoms with van der Waals surface area (Å²) >= 11 is 0. The van der Waals surface area contributed by atoms with Crippen molar-refractivity contribution in [2.24, 2.45) is 0 Å². The van der Waals surface area contributed by atoms with Crippen LogP contribution in [-0.4, -0.2) is 29.1 Å². The number of aliphatic hydroxyl groups excluding tert-OH is 1. The number of ether oxygens (including phenoxy) is 1. The molecule has 1 atom stereocenters. The zero-order valence-corrected chi connectivity index (χ0v) is 10.8. The molecule has 108 valence electrons. The Morgan fingerprint density at radius 3 is 2.89 bits per heavy atom. The Kier molecular flexibility index (Phi) is 4.20. The monoisotopic (exact) mass is 277 g/mol. The molecule has 1 unspecified atom stereocenters. The summed E-state index contributed by atoms with van der Waals surface area (Å²) in [5.74, 6) is 0. The van der Waals surface area contributed by atoms with Crippen LogP contribution >= 0.6 is 0 Å². The zero-order valence-electron chi connectivity index (χ0n) is 10.8. The van der Waals surface area contributed by atoms with Crippen LogP contribution in [0.25, 0.3) is 0 Å². The summed E-state index contributed by atoms with van der Waals surface area (Å²) in [6.45, 7) is 1.11. The maximum absolute atomic E-state index is 12.0. The Morgan fingerprint density at radius 1 is 1.47 bits per heavy atom. The van der Waals surface area contributed by atoms with Gasteiger partial charge in [-0.1, -0.05) is 0 Å². The Morgan fingerprint density at radius 2 is 2.21 bits per heavy atom. The average Bonchev–Trinajstić information content (AvgIpc) is 2.62. The maximum atomic E-state index is 12.0. The van der Waals surface area contributed by atoms with Crippen LogP contribution in [0.4, 0.5) is 13.2 Å². The lowest BCUT2D eigenvalue weighted by molar-refractivity contribution is -0.174. The summed E-state index contributed by atoms with van der Waals surface area (Å²) in [4.78, 5) is 0. The van der Waals surface area contributed by atoms with Gasteiger partial charge < -0.3 is 14.4 Å². The van der Waals surface area contributed by atoms with Crippen LogP contribution in [-0.2, 0) is 17.7 Å². The van der Waals surface area contributed by atoms with Gasteiger partial charge >= 0.3 is 6.18 Å². The van der Waals surface area contributed by atoms with Crippen molar-refractivity contribution >= 4 is 0 Å². The van der Waals surface area contributed by atoms with Gasteiger partial charge in [-0.2, -0.15) is 13.2 Å². The average molecular weight is 277 g/mol. The number of aliphatic hydroxyl groups is 1. The predicted molar refractivity (Wildman–Crippen MR) is 63.9 cm³/mol. The van der Waals surface area contributed by atoms with Gasteiger partial charge in [0.25, 0.3) is 0 Å². The van der Waals surface area contributed by atoms with Gasteiger partial charge in [-0.25, -0.2) is 0 Å². The van der Waals surface area contributed by atoms with E-state index in [9.17, 15) is 18.3 Å². The molecule has 1 N–H and O–H groups in total. The highest BCUT2D eigenvalue weighted by molar-refractivity contribution is 5.31. The van der Waals surface area contributed by atoms with E-state index in [2.05, 4.69) is 4.74 Å². The minimum absolute atomic E-state index is 0.0254. The van der Waals surface area contributed by atoms with E-state index in [1.165, 1.54) is 0 Å². The topological polar surface area (TPSA) is 34.4 Å². The molecule has 0 bridgehead atoms. The van der Waals surface area contributed by atoms with Gasteiger partial charge in [-0.3, -0.25) is 0 Å². The number of aromatic nitrogens is 1. The summed E-state index contributed by atoms with van der Waals surface area (Å²) in [6.07, 6.45) is -2.21. The second-order valence-electron chi connectivity index (χ2n) is 4.92. The fraction of sp³-hybridized carbons (Fsp3) is 0.692. The molecule has 0 saturated heterocycles. The van der Waals surface area contributed by atoms with Gasteiger partial charge in [0.05, 0.1) is 12.7 Å². The first-order valence-corrected chi connectivity index (χ1v) is 6.40. The van der Waals surface area contributed by atoms with Crippen molar-refractivity contribution in [1.82, 2.24) is 4.57 Å². The van der Waals surface area contributed by atoms with Crippen LogP contribution in [0.3, 0.4) is 0 Å².